The molecule has 0 atom stereocenters. The molecule has 0 aromatic rings. The smallest absolute Gasteiger partial charge is 0.293 e. The maximum atomic E-state index is 11.2. The van der Waals surface area contributed by atoms with Crippen LogP contribution in [0.15, 0.2) is 0 Å². The zero-order valence-corrected chi connectivity index (χ0v) is 7.58. The van der Waals surface area contributed by atoms with E-state index in [1.165, 1.54) is 0 Å². The first-order valence-corrected chi connectivity index (χ1v) is 4.09. The third-order valence-corrected chi connectivity index (χ3v) is 1.62. The molecule has 0 aromatic carbocycles. The van der Waals surface area contributed by atoms with Crippen LogP contribution in [0, 0.1) is 0 Å². The molecule has 0 unspecified atom stereocenters. The first-order chi connectivity index (χ1) is 5.76. The predicted octanol–water partition coefficient (Wildman–Crippen LogP) is 0.418. The normalized spacial score (nSPS) is 9.17. The van der Waals surface area contributed by atoms with Gasteiger partial charge in [0.05, 0.1) is 13.0 Å². The van der Waals surface area contributed by atoms with Gasteiger partial charge in [-0.15, -0.1) is 0 Å². The van der Waals surface area contributed by atoms with Gasteiger partial charge >= 0.3 is 0 Å². The molecule has 0 aliphatic rings. The van der Waals surface area contributed by atoms with E-state index in [1.54, 1.807) is 4.90 Å². The Morgan fingerprint density at radius 3 is 2.42 bits per heavy atom. The van der Waals surface area contributed by atoms with Crippen molar-refractivity contribution in [3.63, 3.8) is 0 Å². The third kappa shape index (κ3) is 3.95. The van der Waals surface area contributed by atoms with Gasteiger partial charge in [0, 0.05) is 13.1 Å². The molecule has 12 heavy (non-hydrogen) atoms. The topological polar surface area (TPSA) is 46.6 Å². The van der Waals surface area contributed by atoms with Crippen molar-refractivity contribution in [2.24, 2.45) is 0 Å². The van der Waals surface area contributed by atoms with E-state index in [4.69, 9.17) is 0 Å². The summed E-state index contributed by atoms with van der Waals surface area (Å²) >= 11 is 0. The number of hydrogen-bond donors (Lipinski definition) is 0. The van der Waals surface area contributed by atoms with E-state index in [1.807, 2.05) is 13.8 Å². The first kappa shape index (κ1) is 10.9. The number of rotatable bonds is 6. The van der Waals surface area contributed by atoms with Gasteiger partial charge in [0.1, 0.15) is 0 Å². The van der Waals surface area contributed by atoms with Crippen molar-refractivity contribution in [1.29, 1.82) is 0 Å². The summed E-state index contributed by atoms with van der Waals surface area (Å²) in [6, 6.07) is 0. The fourth-order valence-electron chi connectivity index (χ4n) is 0.929. The van der Waals surface area contributed by atoms with Crippen LogP contribution in [0.1, 0.15) is 20.3 Å². The van der Waals surface area contributed by atoms with Crippen molar-refractivity contribution in [3.8, 4) is 0 Å². The molecule has 0 saturated carbocycles. The van der Waals surface area contributed by atoms with Gasteiger partial charge in [0.2, 0.25) is 5.91 Å². The van der Waals surface area contributed by atoms with Gasteiger partial charge in [-0.2, -0.15) is 0 Å². The SMILES string of the molecule is CCN(CC)C(=O)CCOC=O. The van der Waals surface area contributed by atoms with E-state index in [0.717, 1.165) is 0 Å². The van der Waals surface area contributed by atoms with E-state index >= 15 is 0 Å². The van der Waals surface area contributed by atoms with Gasteiger partial charge in [-0.25, -0.2) is 0 Å². The van der Waals surface area contributed by atoms with Crippen LogP contribution in [0.5, 0.6) is 0 Å². The maximum absolute atomic E-state index is 11.2. The molecule has 0 N–H and O–H groups in total. The average Bonchev–Trinajstić information content (AvgIpc) is 2.07. The van der Waals surface area contributed by atoms with Gasteiger partial charge in [-0.1, -0.05) is 0 Å². The molecular formula is C8H15NO3. The summed E-state index contributed by atoms with van der Waals surface area (Å²) in [5, 5.41) is 0. The molecule has 0 bridgehead atoms. The summed E-state index contributed by atoms with van der Waals surface area (Å²) in [4.78, 5) is 22.7. The van der Waals surface area contributed by atoms with Crippen LogP contribution in [0.4, 0.5) is 0 Å². The number of nitrogens with zero attached hydrogens (tertiary/aromatic N) is 1. The van der Waals surface area contributed by atoms with Crippen LogP contribution in [0.3, 0.4) is 0 Å². The number of ether oxygens (including phenoxy) is 1. The largest absolute Gasteiger partial charge is 0.467 e. The van der Waals surface area contributed by atoms with E-state index in [-0.39, 0.29) is 18.9 Å². The van der Waals surface area contributed by atoms with Gasteiger partial charge in [-0.05, 0) is 13.8 Å². The number of carbonyl (C=O) groups excluding carboxylic acids is 2. The third-order valence-electron chi connectivity index (χ3n) is 1.62. The minimum atomic E-state index is 0.0295. The van der Waals surface area contributed by atoms with Crippen molar-refractivity contribution in [2.75, 3.05) is 19.7 Å². The summed E-state index contributed by atoms with van der Waals surface area (Å²) in [5.74, 6) is 0.0295. The molecule has 4 nitrogen and oxygen atoms in total. The Bertz CT molecular complexity index is 143. The summed E-state index contributed by atoms with van der Waals surface area (Å²) in [5.41, 5.74) is 0. The molecule has 70 valence electrons. The average molecular weight is 173 g/mol. The van der Waals surface area contributed by atoms with Crippen LogP contribution < -0.4 is 0 Å². The van der Waals surface area contributed by atoms with Crippen LogP contribution in [-0.2, 0) is 14.3 Å². The molecule has 0 rings (SSSR count). The van der Waals surface area contributed by atoms with E-state index in [9.17, 15) is 9.59 Å². The summed E-state index contributed by atoms with van der Waals surface area (Å²) < 4.78 is 4.42. The standard InChI is InChI=1S/C8H15NO3/c1-3-9(4-2)8(11)5-6-12-7-10/h7H,3-6H2,1-2H3. The molecule has 0 aliphatic carbocycles. The molecular weight excluding hydrogens is 158 g/mol. The molecule has 0 spiro atoms. The highest BCUT2D eigenvalue weighted by atomic mass is 16.5. The molecule has 0 fully saturated rings. The zero-order valence-electron chi connectivity index (χ0n) is 7.58. The Hall–Kier alpha value is -1.06. The Balaban J connectivity index is 3.61. The number of hydrogen-bond acceptors (Lipinski definition) is 3. The first-order valence-electron chi connectivity index (χ1n) is 4.09. The number of carbonyl (C=O) groups is 2. The minimum absolute atomic E-state index is 0.0295. The Morgan fingerprint density at radius 2 is 2.00 bits per heavy atom. The summed E-state index contributed by atoms with van der Waals surface area (Å²) in [7, 11) is 0. The van der Waals surface area contributed by atoms with Crippen LogP contribution in [-0.4, -0.2) is 37.0 Å². The second-order valence-electron chi connectivity index (χ2n) is 2.28. The van der Waals surface area contributed by atoms with Crippen LogP contribution >= 0.6 is 0 Å². The van der Waals surface area contributed by atoms with Gasteiger partial charge in [-0.3, -0.25) is 9.59 Å². The Labute approximate surface area is 72.5 Å². The van der Waals surface area contributed by atoms with Gasteiger partial charge in [0.25, 0.3) is 6.47 Å². The van der Waals surface area contributed by atoms with E-state index in [0.29, 0.717) is 19.6 Å². The molecule has 0 aromatic heterocycles. The molecule has 0 saturated heterocycles. The lowest BCUT2D eigenvalue weighted by Crippen LogP contribution is -2.31. The van der Waals surface area contributed by atoms with Crippen LogP contribution in [0.2, 0.25) is 0 Å². The molecule has 1 amide bonds. The fourth-order valence-corrected chi connectivity index (χ4v) is 0.929. The fraction of sp³-hybridized carbons (Fsp3) is 0.750. The predicted molar refractivity (Wildman–Crippen MR) is 44.6 cm³/mol. The van der Waals surface area contributed by atoms with Gasteiger partial charge < -0.3 is 9.64 Å². The van der Waals surface area contributed by atoms with Crippen molar-refractivity contribution in [1.82, 2.24) is 4.90 Å². The molecule has 0 heterocycles. The lowest BCUT2D eigenvalue weighted by atomic mass is 10.3. The van der Waals surface area contributed by atoms with E-state index < -0.39 is 0 Å². The van der Waals surface area contributed by atoms with Crippen LogP contribution in [0.25, 0.3) is 0 Å². The molecule has 4 heteroatoms. The van der Waals surface area contributed by atoms with Crippen molar-refractivity contribution < 1.29 is 14.3 Å². The zero-order chi connectivity index (χ0) is 9.40. The van der Waals surface area contributed by atoms with Gasteiger partial charge in [0.15, 0.2) is 0 Å². The summed E-state index contributed by atoms with van der Waals surface area (Å²) in [6.07, 6.45) is 0.278. The second-order valence-corrected chi connectivity index (χ2v) is 2.28. The maximum Gasteiger partial charge on any atom is 0.293 e. The van der Waals surface area contributed by atoms with Crippen molar-refractivity contribution >= 4 is 12.4 Å². The molecule has 0 aliphatic heterocycles. The lowest BCUT2D eigenvalue weighted by Gasteiger charge is -2.17. The monoisotopic (exact) mass is 173 g/mol. The number of amides is 1. The quantitative estimate of drug-likeness (QED) is 0.432. The minimum Gasteiger partial charge on any atom is -0.467 e. The second kappa shape index (κ2) is 6.64. The summed E-state index contributed by atoms with van der Waals surface area (Å²) in [6.45, 7) is 5.78. The van der Waals surface area contributed by atoms with Crippen molar-refractivity contribution in [3.05, 3.63) is 0 Å². The molecule has 0 radical (unpaired) electrons. The van der Waals surface area contributed by atoms with E-state index in [2.05, 4.69) is 4.74 Å². The van der Waals surface area contributed by atoms with Crippen molar-refractivity contribution in [2.45, 2.75) is 20.3 Å². The Morgan fingerprint density at radius 1 is 1.42 bits per heavy atom. The highest BCUT2D eigenvalue weighted by molar-refractivity contribution is 5.76. The Kier molecular flexibility index (Phi) is 6.05. The highest BCUT2D eigenvalue weighted by Gasteiger charge is 2.08. The lowest BCUT2D eigenvalue weighted by molar-refractivity contribution is -0.134. The highest BCUT2D eigenvalue weighted by Crippen LogP contribution is 1.93.